The third-order valence-corrected chi connectivity index (χ3v) is 3.75. The first-order valence-corrected chi connectivity index (χ1v) is 7.10. The van der Waals surface area contributed by atoms with Crippen molar-refractivity contribution in [3.8, 4) is 0 Å². The zero-order chi connectivity index (χ0) is 14.4. The van der Waals surface area contributed by atoms with Gasteiger partial charge in [-0.1, -0.05) is 20.8 Å². The molecule has 2 amide bonds. The monoisotopic (exact) mass is 270 g/mol. The van der Waals surface area contributed by atoms with Gasteiger partial charge in [0, 0.05) is 19.5 Å². The molecule has 0 bridgehead atoms. The average Bonchev–Trinajstić information content (AvgIpc) is 2.38. The fourth-order valence-corrected chi connectivity index (χ4v) is 2.53. The maximum absolute atomic E-state index is 12.0. The molecule has 0 aliphatic carbocycles. The van der Waals surface area contributed by atoms with E-state index in [-0.39, 0.29) is 11.9 Å². The highest BCUT2D eigenvalue weighted by Crippen LogP contribution is 2.24. The highest BCUT2D eigenvalue weighted by atomic mass is 16.5. The van der Waals surface area contributed by atoms with Crippen molar-refractivity contribution in [1.29, 1.82) is 0 Å². The molecule has 1 fully saturated rings. The molecule has 0 radical (unpaired) electrons. The van der Waals surface area contributed by atoms with Crippen molar-refractivity contribution < 1.29 is 14.3 Å². The second-order valence-corrected chi connectivity index (χ2v) is 5.62. The Morgan fingerprint density at radius 2 is 2.05 bits per heavy atom. The SMILES string of the molecule is CCCC(=O)N1CC(NC(=O)OC)CC(C(C)C)C1. The normalized spacial score (nSPS) is 23.3. The van der Waals surface area contributed by atoms with Crippen LogP contribution in [0.1, 0.15) is 40.0 Å². The molecular weight excluding hydrogens is 244 g/mol. The first-order valence-electron chi connectivity index (χ1n) is 7.10. The van der Waals surface area contributed by atoms with E-state index >= 15 is 0 Å². The molecule has 2 atom stereocenters. The molecular formula is C14H26N2O3. The van der Waals surface area contributed by atoms with Gasteiger partial charge in [-0.15, -0.1) is 0 Å². The average molecular weight is 270 g/mol. The molecule has 1 aliphatic rings. The van der Waals surface area contributed by atoms with Gasteiger partial charge in [-0.05, 0) is 24.7 Å². The number of methoxy groups -OCH3 is 1. The summed E-state index contributed by atoms with van der Waals surface area (Å²) < 4.78 is 4.64. The maximum atomic E-state index is 12.0. The van der Waals surface area contributed by atoms with Gasteiger partial charge in [0.15, 0.2) is 0 Å². The summed E-state index contributed by atoms with van der Waals surface area (Å²) in [5.41, 5.74) is 0. The molecule has 5 heteroatoms. The quantitative estimate of drug-likeness (QED) is 0.850. The van der Waals surface area contributed by atoms with Crippen molar-refractivity contribution in [3.05, 3.63) is 0 Å². The standard InChI is InChI=1S/C14H26N2O3/c1-5-6-13(17)16-8-11(10(2)3)7-12(9-16)15-14(18)19-4/h10-12H,5-9H2,1-4H3,(H,15,18). The Bertz CT molecular complexity index is 318. The van der Waals surface area contributed by atoms with E-state index in [0.29, 0.717) is 24.8 Å². The Hall–Kier alpha value is -1.26. The number of ether oxygens (including phenoxy) is 1. The van der Waals surface area contributed by atoms with Crippen LogP contribution in [0.15, 0.2) is 0 Å². The number of nitrogens with one attached hydrogen (secondary N) is 1. The molecule has 0 spiro atoms. The summed E-state index contributed by atoms with van der Waals surface area (Å²) in [6.07, 6.45) is 1.92. The molecule has 110 valence electrons. The summed E-state index contributed by atoms with van der Waals surface area (Å²) in [6.45, 7) is 7.72. The van der Waals surface area contributed by atoms with Gasteiger partial charge in [0.05, 0.1) is 13.2 Å². The number of alkyl carbamates (subject to hydrolysis) is 1. The maximum Gasteiger partial charge on any atom is 0.407 e. The lowest BCUT2D eigenvalue weighted by Crippen LogP contribution is -2.53. The van der Waals surface area contributed by atoms with E-state index in [9.17, 15) is 9.59 Å². The van der Waals surface area contributed by atoms with Gasteiger partial charge in [0.1, 0.15) is 0 Å². The predicted molar refractivity (Wildman–Crippen MR) is 73.8 cm³/mol. The molecule has 0 saturated carbocycles. The fourth-order valence-electron chi connectivity index (χ4n) is 2.53. The van der Waals surface area contributed by atoms with Crippen LogP contribution in [0.5, 0.6) is 0 Å². The smallest absolute Gasteiger partial charge is 0.407 e. The first kappa shape index (κ1) is 15.8. The van der Waals surface area contributed by atoms with Gasteiger partial charge < -0.3 is 15.0 Å². The second-order valence-electron chi connectivity index (χ2n) is 5.62. The van der Waals surface area contributed by atoms with Gasteiger partial charge >= 0.3 is 6.09 Å². The number of carbonyl (C=O) groups is 2. The fraction of sp³-hybridized carbons (Fsp3) is 0.857. The van der Waals surface area contributed by atoms with E-state index in [1.807, 2.05) is 11.8 Å². The topological polar surface area (TPSA) is 58.6 Å². The van der Waals surface area contributed by atoms with Crippen LogP contribution in [-0.2, 0) is 9.53 Å². The minimum atomic E-state index is -0.419. The summed E-state index contributed by atoms with van der Waals surface area (Å²) in [6, 6.07) is -0.00518. The Kier molecular flexibility index (Phi) is 6.12. The summed E-state index contributed by atoms with van der Waals surface area (Å²) >= 11 is 0. The Morgan fingerprint density at radius 1 is 1.37 bits per heavy atom. The lowest BCUT2D eigenvalue weighted by Gasteiger charge is -2.39. The number of amides is 2. The van der Waals surface area contributed by atoms with E-state index in [1.165, 1.54) is 7.11 Å². The van der Waals surface area contributed by atoms with Crippen LogP contribution in [0.2, 0.25) is 0 Å². The Balaban J connectivity index is 2.67. The molecule has 1 heterocycles. The molecule has 2 unspecified atom stereocenters. The number of nitrogens with zero attached hydrogens (tertiary/aromatic N) is 1. The summed E-state index contributed by atoms with van der Waals surface area (Å²) in [4.78, 5) is 25.3. The summed E-state index contributed by atoms with van der Waals surface area (Å²) in [5.74, 6) is 1.11. The van der Waals surface area contributed by atoms with Crippen molar-refractivity contribution in [2.24, 2.45) is 11.8 Å². The minimum absolute atomic E-state index is 0.00518. The van der Waals surface area contributed by atoms with E-state index in [2.05, 4.69) is 23.9 Å². The largest absolute Gasteiger partial charge is 0.453 e. The van der Waals surface area contributed by atoms with Crippen molar-refractivity contribution in [1.82, 2.24) is 10.2 Å². The van der Waals surface area contributed by atoms with Crippen LogP contribution in [-0.4, -0.2) is 43.1 Å². The van der Waals surface area contributed by atoms with Gasteiger partial charge in [0.25, 0.3) is 0 Å². The Morgan fingerprint density at radius 3 is 2.58 bits per heavy atom. The van der Waals surface area contributed by atoms with Crippen molar-refractivity contribution in [2.75, 3.05) is 20.2 Å². The number of carbonyl (C=O) groups excluding carboxylic acids is 2. The lowest BCUT2D eigenvalue weighted by molar-refractivity contribution is -0.134. The van der Waals surface area contributed by atoms with Crippen LogP contribution in [0, 0.1) is 11.8 Å². The zero-order valence-corrected chi connectivity index (χ0v) is 12.4. The molecule has 1 rings (SSSR count). The van der Waals surface area contributed by atoms with Gasteiger partial charge in [-0.25, -0.2) is 4.79 Å². The van der Waals surface area contributed by atoms with Gasteiger partial charge in [0.2, 0.25) is 5.91 Å². The second kappa shape index (κ2) is 7.36. The van der Waals surface area contributed by atoms with Crippen molar-refractivity contribution in [3.63, 3.8) is 0 Å². The molecule has 1 N–H and O–H groups in total. The van der Waals surface area contributed by atoms with Crippen LogP contribution >= 0.6 is 0 Å². The predicted octanol–water partition coefficient (Wildman–Crippen LogP) is 2.02. The first-order chi connectivity index (χ1) is 8.97. The number of rotatable bonds is 4. The van der Waals surface area contributed by atoms with Gasteiger partial charge in [-0.2, -0.15) is 0 Å². The lowest BCUT2D eigenvalue weighted by atomic mass is 9.85. The Labute approximate surface area is 115 Å². The number of hydrogen-bond acceptors (Lipinski definition) is 3. The van der Waals surface area contributed by atoms with Crippen molar-refractivity contribution >= 4 is 12.0 Å². The number of likely N-dealkylation sites (tertiary alicyclic amines) is 1. The molecule has 5 nitrogen and oxygen atoms in total. The summed E-state index contributed by atoms with van der Waals surface area (Å²) in [7, 11) is 1.36. The minimum Gasteiger partial charge on any atom is -0.453 e. The highest BCUT2D eigenvalue weighted by Gasteiger charge is 2.31. The third kappa shape index (κ3) is 4.73. The van der Waals surface area contributed by atoms with Crippen molar-refractivity contribution in [2.45, 2.75) is 46.1 Å². The molecule has 1 saturated heterocycles. The third-order valence-electron chi connectivity index (χ3n) is 3.75. The van der Waals surface area contributed by atoms with E-state index in [1.54, 1.807) is 0 Å². The number of piperidine rings is 1. The molecule has 19 heavy (non-hydrogen) atoms. The van der Waals surface area contributed by atoms with Crippen LogP contribution in [0.4, 0.5) is 4.79 Å². The van der Waals surface area contributed by atoms with E-state index in [0.717, 1.165) is 19.4 Å². The molecule has 1 aliphatic heterocycles. The summed E-state index contributed by atoms with van der Waals surface area (Å²) in [5, 5.41) is 2.83. The number of hydrogen-bond donors (Lipinski definition) is 1. The molecule has 0 aromatic heterocycles. The molecule has 0 aromatic rings. The van der Waals surface area contributed by atoms with E-state index in [4.69, 9.17) is 0 Å². The van der Waals surface area contributed by atoms with Crippen LogP contribution < -0.4 is 5.32 Å². The zero-order valence-electron chi connectivity index (χ0n) is 12.4. The van der Waals surface area contributed by atoms with Crippen LogP contribution in [0.3, 0.4) is 0 Å². The van der Waals surface area contributed by atoms with Gasteiger partial charge in [-0.3, -0.25) is 4.79 Å². The molecule has 0 aromatic carbocycles. The highest BCUT2D eigenvalue weighted by molar-refractivity contribution is 5.76. The van der Waals surface area contributed by atoms with E-state index < -0.39 is 6.09 Å². The van der Waals surface area contributed by atoms with Crippen LogP contribution in [0.25, 0.3) is 0 Å².